The normalized spacial score (nSPS) is 11.0. The maximum Gasteiger partial charge on any atom is 0.223 e. The molecule has 0 spiro atoms. The van der Waals surface area contributed by atoms with Crippen molar-refractivity contribution >= 4 is 38.3 Å². The van der Waals surface area contributed by atoms with Crippen LogP contribution >= 0.6 is 22.9 Å². The Morgan fingerprint density at radius 1 is 1.25 bits per heavy atom. The first-order valence-electron chi connectivity index (χ1n) is 5.81. The Morgan fingerprint density at radius 2 is 2.05 bits per heavy atom. The van der Waals surface area contributed by atoms with E-state index in [1.54, 1.807) is 17.4 Å². The van der Waals surface area contributed by atoms with Crippen LogP contribution in [0.1, 0.15) is 0 Å². The summed E-state index contributed by atoms with van der Waals surface area (Å²) in [5.41, 5.74) is 1.51. The molecule has 3 aromatic rings. The summed E-state index contributed by atoms with van der Waals surface area (Å²) in [7, 11) is 3.83. The van der Waals surface area contributed by atoms with Gasteiger partial charge in [-0.3, -0.25) is 0 Å². The van der Waals surface area contributed by atoms with E-state index < -0.39 is 5.82 Å². The van der Waals surface area contributed by atoms with Gasteiger partial charge < -0.3 is 4.90 Å². The Hall–Kier alpha value is -1.79. The zero-order valence-electron chi connectivity index (χ0n) is 10.8. The number of nitrogens with zero attached hydrogens (tertiary/aromatic N) is 4. The third kappa shape index (κ3) is 2.21. The molecule has 0 radical (unpaired) electrons. The Morgan fingerprint density at radius 3 is 2.80 bits per heavy atom. The second kappa shape index (κ2) is 4.96. The van der Waals surface area contributed by atoms with E-state index in [0.29, 0.717) is 5.56 Å². The molecule has 0 aliphatic heterocycles. The number of hydrogen-bond acceptors (Lipinski definition) is 5. The van der Waals surface area contributed by atoms with Crippen LogP contribution in [-0.4, -0.2) is 29.0 Å². The van der Waals surface area contributed by atoms with Gasteiger partial charge in [0, 0.05) is 19.7 Å². The van der Waals surface area contributed by atoms with E-state index in [9.17, 15) is 4.39 Å². The Kier molecular flexibility index (Phi) is 3.27. The standard InChI is InChI=1S/C13H10ClFN4S/c1-19(2)13-18-11-7(4-3-5-9(11)20-13)10-8(15)6-16-12(14)17-10/h3-6H,1-2H3. The second-order valence-corrected chi connectivity index (χ2v) is 5.73. The topological polar surface area (TPSA) is 41.9 Å². The molecule has 0 unspecified atom stereocenters. The van der Waals surface area contributed by atoms with Gasteiger partial charge >= 0.3 is 0 Å². The van der Waals surface area contributed by atoms with Gasteiger partial charge in [0.15, 0.2) is 10.9 Å². The zero-order valence-corrected chi connectivity index (χ0v) is 12.3. The van der Waals surface area contributed by atoms with Crippen molar-refractivity contribution in [1.29, 1.82) is 0 Å². The summed E-state index contributed by atoms with van der Waals surface area (Å²) in [5, 5.41) is 0.870. The van der Waals surface area contributed by atoms with Crippen molar-refractivity contribution in [3.63, 3.8) is 0 Å². The fraction of sp³-hybridized carbons (Fsp3) is 0.154. The van der Waals surface area contributed by atoms with Gasteiger partial charge in [-0.2, -0.15) is 0 Å². The molecule has 1 aromatic carbocycles. The molecular formula is C13H10ClFN4S. The number of fused-ring (bicyclic) bond motifs is 1. The number of halogens is 2. The summed E-state index contributed by atoms with van der Waals surface area (Å²) in [4.78, 5) is 14.1. The molecule has 0 amide bonds. The maximum absolute atomic E-state index is 13.9. The van der Waals surface area contributed by atoms with Crippen LogP contribution < -0.4 is 4.90 Å². The molecule has 0 fully saturated rings. The van der Waals surface area contributed by atoms with Crippen LogP contribution in [0.2, 0.25) is 5.28 Å². The number of rotatable bonds is 2. The summed E-state index contributed by atoms with van der Waals surface area (Å²) in [6.07, 6.45) is 1.07. The first kappa shape index (κ1) is 13.2. The number of aromatic nitrogens is 3. The maximum atomic E-state index is 13.9. The van der Waals surface area contributed by atoms with Gasteiger partial charge in [-0.25, -0.2) is 19.3 Å². The predicted molar refractivity (Wildman–Crippen MR) is 79.9 cm³/mol. The highest BCUT2D eigenvalue weighted by Gasteiger charge is 2.15. The molecular weight excluding hydrogens is 299 g/mol. The highest BCUT2D eigenvalue weighted by atomic mass is 35.5. The number of anilines is 1. The molecule has 0 saturated carbocycles. The predicted octanol–water partition coefficient (Wildman–Crippen LogP) is 3.61. The van der Waals surface area contributed by atoms with Crippen LogP contribution in [0.15, 0.2) is 24.4 Å². The molecule has 0 N–H and O–H groups in total. The van der Waals surface area contributed by atoms with Crippen molar-refractivity contribution in [1.82, 2.24) is 15.0 Å². The lowest BCUT2D eigenvalue weighted by Crippen LogP contribution is -2.07. The van der Waals surface area contributed by atoms with Crippen LogP contribution in [-0.2, 0) is 0 Å². The third-order valence-corrected chi connectivity index (χ3v) is 4.13. The molecule has 2 aromatic heterocycles. The minimum atomic E-state index is -0.513. The largest absolute Gasteiger partial charge is 0.354 e. The van der Waals surface area contributed by atoms with E-state index in [1.165, 1.54) is 0 Å². The van der Waals surface area contributed by atoms with E-state index in [4.69, 9.17) is 11.6 Å². The first-order chi connectivity index (χ1) is 9.56. The fourth-order valence-corrected chi connectivity index (χ4v) is 2.90. The number of hydrogen-bond donors (Lipinski definition) is 0. The summed E-state index contributed by atoms with van der Waals surface area (Å²) >= 11 is 7.30. The quantitative estimate of drug-likeness (QED) is 0.678. The summed E-state index contributed by atoms with van der Waals surface area (Å²) < 4.78 is 14.9. The van der Waals surface area contributed by atoms with Gasteiger partial charge in [0.1, 0.15) is 5.69 Å². The average Bonchev–Trinajstić information content (AvgIpc) is 2.85. The van der Waals surface area contributed by atoms with Crippen molar-refractivity contribution in [2.45, 2.75) is 0 Å². The minimum absolute atomic E-state index is 0.0152. The Labute approximate surface area is 123 Å². The SMILES string of the molecule is CN(C)c1nc2c(-c3nc(Cl)ncc3F)cccc2s1. The van der Waals surface area contributed by atoms with Gasteiger partial charge in [-0.05, 0) is 17.7 Å². The van der Waals surface area contributed by atoms with Gasteiger partial charge in [0.05, 0.1) is 16.4 Å². The smallest absolute Gasteiger partial charge is 0.223 e. The monoisotopic (exact) mass is 308 g/mol. The number of para-hydroxylation sites is 1. The van der Waals surface area contributed by atoms with E-state index >= 15 is 0 Å². The average molecular weight is 309 g/mol. The van der Waals surface area contributed by atoms with Crippen LogP contribution in [0.25, 0.3) is 21.5 Å². The van der Waals surface area contributed by atoms with E-state index in [0.717, 1.165) is 21.5 Å². The molecule has 0 bridgehead atoms. The van der Waals surface area contributed by atoms with Crippen LogP contribution in [0.5, 0.6) is 0 Å². The number of thiazole rings is 1. The molecule has 20 heavy (non-hydrogen) atoms. The minimum Gasteiger partial charge on any atom is -0.354 e. The van der Waals surface area contributed by atoms with Crippen molar-refractivity contribution < 1.29 is 4.39 Å². The Bertz CT molecular complexity index is 787. The summed E-state index contributed by atoms with van der Waals surface area (Å²) in [6.45, 7) is 0. The van der Waals surface area contributed by atoms with E-state index in [1.807, 2.05) is 31.1 Å². The second-order valence-electron chi connectivity index (χ2n) is 4.38. The molecule has 0 aliphatic carbocycles. The molecule has 0 aliphatic rings. The fourth-order valence-electron chi connectivity index (χ4n) is 1.85. The molecule has 102 valence electrons. The number of benzene rings is 1. The van der Waals surface area contributed by atoms with Gasteiger partial charge in [0.2, 0.25) is 5.28 Å². The highest BCUT2D eigenvalue weighted by Crippen LogP contribution is 2.34. The molecule has 0 atom stereocenters. The van der Waals surface area contributed by atoms with E-state index in [-0.39, 0.29) is 11.0 Å². The van der Waals surface area contributed by atoms with Crippen LogP contribution in [0, 0.1) is 5.82 Å². The van der Waals surface area contributed by atoms with Crippen LogP contribution in [0.4, 0.5) is 9.52 Å². The molecule has 4 nitrogen and oxygen atoms in total. The van der Waals surface area contributed by atoms with Crippen molar-refractivity contribution in [3.8, 4) is 11.3 Å². The highest BCUT2D eigenvalue weighted by molar-refractivity contribution is 7.22. The zero-order chi connectivity index (χ0) is 14.3. The third-order valence-electron chi connectivity index (χ3n) is 2.76. The summed E-state index contributed by atoms with van der Waals surface area (Å²) in [6, 6.07) is 5.58. The molecule has 0 saturated heterocycles. The van der Waals surface area contributed by atoms with Gasteiger partial charge in [-0.1, -0.05) is 23.5 Å². The van der Waals surface area contributed by atoms with E-state index in [2.05, 4.69) is 15.0 Å². The lowest BCUT2D eigenvalue weighted by atomic mass is 10.1. The van der Waals surface area contributed by atoms with Crippen LogP contribution in [0.3, 0.4) is 0 Å². The first-order valence-corrected chi connectivity index (χ1v) is 7.01. The molecule has 2 heterocycles. The summed E-state index contributed by atoms with van der Waals surface area (Å²) in [5.74, 6) is -0.513. The molecule has 7 heteroatoms. The lowest BCUT2D eigenvalue weighted by Gasteiger charge is -2.05. The molecule has 3 rings (SSSR count). The van der Waals surface area contributed by atoms with Crippen molar-refractivity contribution in [2.75, 3.05) is 19.0 Å². The van der Waals surface area contributed by atoms with Gasteiger partial charge in [-0.15, -0.1) is 0 Å². The Balaban J connectivity index is 2.28. The van der Waals surface area contributed by atoms with Crippen molar-refractivity contribution in [3.05, 3.63) is 35.5 Å². The van der Waals surface area contributed by atoms with Gasteiger partial charge in [0.25, 0.3) is 0 Å². The lowest BCUT2D eigenvalue weighted by molar-refractivity contribution is 0.618. The van der Waals surface area contributed by atoms with Crippen molar-refractivity contribution in [2.24, 2.45) is 0 Å².